The molecule has 230 valence electrons. The molecule has 1 amide bonds. The maximum absolute atomic E-state index is 13.8. The van der Waals surface area contributed by atoms with Crippen molar-refractivity contribution >= 4 is 29.2 Å². The zero-order valence-electron chi connectivity index (χ0n) is 24.1. The van der Waals surface area contributed by atoms with Crippen LogP contribution in [0.2, 0.25) is 0 Å². The number of rotatable bonds is 9. The fraction of sp³-hybridized carbons (Fsp3) is 0.429. The lowest BCUT2D eigenvalue weighted by atomic mass is 10.1. The van der Waals surface area contributed by atoms with Crippen LogP contribution >= 0.6 is 0 Å². The second-order valence-electron chi connectivity index (χ2n) is 10.1. The Hall–Kier alpha value is -4.53. The molecule has 1 N–H and O–H groups in total. The number of alkyl halides is 3. The number of pyridine rings is 1. The van der Waals surface area contributed by atoms with Crippen LogP contribution in [0.5, 0.6) is 0 Å². The van der Waals surface area contributed by atoms with Crippen molar-refractivity contribution in [3.63, 3.8) is 0 Å². The predicted molar refractivity (Wildman–Crippen MR) is 149 cm³/mol. The maximum atomic E-state index is 13.8. The van der Waals surface area contributed by atoms with Crippen molar-refractivity contribution in [2.45, 2.75) is 26.9 Å². The van der Waals surface area contributed by atoms with Gasteiger partial charge in [0.15, 0.2) is 5.69 Å². The lowest BCUT2D eigenvalue weighted by Crippen LogP contribution is -2.44. The Kier molecular flexibility index (Phi) is 9.63. The van der Waals surface area contributed by atoms with E-state index in [0.717, 1.165) is 25.4 Å². The van der Waals surface area contributed by atoms with Gasteiger partial charge in [0.05, 0.1) is 46.9 Å². The molecular formula is C28H32F3N7O5. The van der Waals surface area contributed by atoms with Crippen molar-refractivity contribution in [2.75, 3.05) is 56.7 Å². The molecule has 1 atom stereocenters. The van der Waals surface area contributed by atoms with Crippen LogP contribution in [0.4, 0.5) is 24.5 Å². The summed E-state index contributed by atoms with van der Waals surface area (Å²) in [6, 6.07) is 5.77. The third kappa shape index (κ3) is 7.66. The van der Waals surface area contributed by atoms with Crippen molar-refractivity contribution in [1.82, 2.24) is 24.9 Å². The van der Waals surface area contributed by atoms with E-state index in [1.807, 2.05) is 11.9 Å². The van der Waals surface area contributed by atoms with Gasteiger partial charge >= 0.3 is 18.1 Å². The Morgan fingerprint density at radius 3 is 2.49 bits per heavy atom. The topological polar surface area (TPSA) is 132 Å². The number of carbonyl (C=O) groups is 3. The highest BCUT2D eigenvalue weighted by molar-refractivity contribution is 6.07. The van der Waals surface area contributed by atoms with E-state index in [9.17, 15) is 27.6 Å². The van der Waals surface area contributed by atoms with Crippen molar-refractivity contribution in [3.8, 4) is 5.69 Å². The van der Waals surface area contributed by atoms with Crippen molar-refractivity contribution in [3.05, 3.63) is 59.2 Å². The summed E-state index contributed by atoms with van der Waals surface area (Å²) in [6.45, 7) is 7.38. The number of aromatic nitrogens is 4. The number of likely N-dealkylation sites (N-methyl/N-ethyl adjacent to an activating group) is 1. The first kappa shape index (κ1) is 31.4. The second-order valence-corrected chi connectivity index (χ2v) is 10.1. The van der Waals surface area contributed by atoms with Gasteiger partial charge in [-0.05, 0) is 52.1 Å². The number of carbonyl (C=O) groups excluding carboxylic acids is 3. The highest BCUT2D eigenvalue weighted by Gasteiger charge is 2.36. The predicted octanol–water partition coefficient (Wildman–Crippen LogP) is 3.35. The molecular weight excluding hydrogens is 571 g/mol. The van der Waals surface area contributed by atoms with Gasteiger partial charge in [0.25, 0.3) is 5.91 Å². The van der Waals surface area contributed by atoms with Crippen LogP contribution in [0, 0.1) is 12.8 Å². The molecule has 0 aliphatic carbocycles. The van der Waals surface area contributed by atoms with E-state index in [1.165, 1.54) is 23.9 Å². The molecule has 1 aliphatic heterocycles. The fourth-order valence-corrected chi connectivity index (χ4v) is 4.37. The number of ether oxygens (including phenoxy) is 2. The number of amides is 1. The quantitative estimate of drug-likeness (QED) is 0.363. The number of hydrogen-bond donors (Lipinski definition) is 1. The summed E-state index contributed by atoms with van der Waals surface area (Å²) < 4.78 is 52.6. The Morgan fingerprint density at radius 1 is 1.09 bits per heavy atom. The smallest absolute Gasteiger partial charge is 0.417 e. The lowest BCUT2D eigenvalue weighted by molar-refractivity contribution is -0.148. The second kappa shape index (κ2) is 13.2. The van der Waals surface area contributed by atoms with Crippen LogP contribution in [-0.2, 0) is 20.4 Å². The van der Waals surface area contributed by atoms with E-state index < -0.39 is 41.1 Å². The summed E-state index contributed by atoms with van der Waals surface area (Å²) in [7, 11) is 1.98. The Labute approximate surface area is 245 Å². The normalized spacial score (nSPS) is 14.7. The molecule has 1 aromatic carbocycles. The molecule has 43 heavy (non-hydrogen) atoms. The largest absolute Gasteiger partial charge is 0.466 e. The van der Waals surface area contributed by atoms with E-state index in [2.05, 4.69) is 25.5 Å². The van der Waals surface area contributed by atoms with Gasteiger partial charge < -0.3 is 24.6 Å². The van der Waals surface area contributed by atoms with E-state index in [4.69, 9.17) is 9.47 Å². The summed E-state index contributed by atoms with van der Waals surface area (Å²) >= 11 is 0. The molecule has 0 saturated carbocycles. The van der Waals surface area contributed by atoms with Gasteiger partial charge in [-0.1, -0.05) is 5.21 Å². The molecule has 4 rings (SSSR count). The summed E-state index contributed by atoms with van der Waals surface area (Å²) in [5.41, 5.74) is -0.500. The van der Waals surface area contributed by atoms with Crippen LogP contribution in [-0.4, -0.2) is 89.2 Å². The molecule has 3 aromatic rings. The first-order valence-electron chi connectivity index (χ1n) is 13.6. The Balaban J connectivity index is 1.61. The highest BCUT2D eigenvalue weighted by Crippen LogP contribution is 2.34. The summed E-state index contributed by atoms with van der Waals surface area (Å²) in [6.07, 6.45) is -2.55. The Morgan fingerprint density at radius 2 is 1.81 bits per heavy atom. The molecule has 15 heteroatoms. The van der Waals surface area contributed by atoms with E-state index in [0.29, 0.717) is 24.5 Å². The first-order valence-corrected chi connectivity index (χ1v) is 13.6. The maximum Gasteiger partial charge on any atom is 0.417 e. The van der Waals surface area contributed by atoms with E-state index in [1.54, 1.807) is 26.0 Å². The number of nitrogens with zero attached hydrogens (tertiary/aromatic N) is 6. The van der Waals surface area contributed by atoms with Crippen LogP contribution in [0.1, 0.15) is 46.0 Å². The lowest BCUT2D eigenvalue weighted by Gasteiger charge is -2.35. The average molecular weight is 604 g/mol. The fourth-order valence-electron chi connectivity index (χ4n) is 4.37. The van der Waals surface area contributed by atoms with Gasteiger partial charge in [0.1, 0.15) is 6.61 Å². The van der Waals surface area contributed by atoms with Crippen LogP contribution in [0.15, 0.2) is 36.7 Å². The third-order valence-electron chi connectivity index (χ3n) is 6.78. The van der Waals surface area contributed by atoms with E-state index in [-0.39, 0.29) is 30.3 Å². The standard InChI is InChI=1S/C28H32F3N7O5/c1-5-42-26(40)17(2)16-43-27(41)23-15-38(35-34-23)19-6-7-24(37-10-8-36(4)9-11-37)22(13-19)33-25(39)20-14-32-18(3)12-21(20)28(29,30)31/h6-7,12-15,17H,5,8-11,16H2,1-4H3,(H,33,39). The SMILES string of the molecule is CCOC(=O)C(C)COC(=O)c1cn(-c2ccc(N3CCN(C)CC3)c(NC(=O)c3cnc(C)cc3C(F)(F)F)c2)nn1. The number of nitrogens with one attached hydrogen (secondary N) is 1. The highest BCUT2D eigenvalue weighted by atomic mass is 19.4. The number of aryl methyl sites for hydroxylation is 1. The number of halogens is 3. The molecule has 3 heterocycles. The third-order valence-corrected chi connectivity index (χ3v) is 6.78. The monoisotopic (exact) mass is 603 g/mol. The van der Waals surface area contributed by atoms with Gasteiger partial charge in [0, 0.05) is 38.1 Å². The molecule has 0 bridgehead atoms. The number of anilines is 2. The van der Waals surface area contributed by atoms with Crippen LogP contribution < -0.4 is 10.2 Å². The minimum absolute atomic E-state index is 0.125. The number of piperazine rings is 1. The molecule has 1 aliphatic rings. The van der Waals surface area contributed by atoms with Gasteiger partial charge in [-0.25, -0.2) is 9.48 Å². The van der Waals surface area contributed by atoms with Crippen molar-refractivity contribution < 1.29 is 37.0 Å². The molecule has 1 fully saturated rings. The van der Waals surface area contributed by atoms with Crippen LogP contribution in [0.3, 0.4) is 0 Å². The summed E-state index contributed by atoms with van der Waals surface area (Å²) in [4.78, 5) is 45.6. The average Bonchev–Trinajstić information content (AvgIpc) is 3.46. The zero-order chi connectivity index (χ0) is 31.3. The molecule has 0 spiro atoms. The molecule has 12 nitrogen and oxygen atoms in total. The van der Waals surface area contributed by atoms with Crippen LogP contribution in [0.25, 0.3) is 5.69 Å². The van der Waals surface area contributed by atoms with E-state index >= 15 is 0 Å². The zero-order valence-corrected chi connectivity index (χ0v) is 24.1. The minimum Gasteiger partial charge on any atom is -0.466 e. The minimum atomic E-state index is -4.76. The molecule has 0 radical (unpaired) electrons. The molecule has 2 aromatic heterocycles. The number of benzene rings is 1. The number of esters is 2. The van der Waals surface area contributed by atoms with Gasteiger partial charge in [-0.15, -0.1) is 5.10 Å². The van der Waals surface area contributed by atoms with Gasteiger partial charge in [0.2, 0.25) is 0 Å². The summed E-state index contributed by atoms with van der Waals surface area (Å²) in [5, 5.41) is 10.4. The molecule has 1 unspecified atom stereocenters. The van der Waals surface area contributed by atoms with Crippen molar-refractivity contribution in [2.24, 2.45) is 5.92 Å². The summed E-state index contributed by atoms with van der Waals surface area (Å²) in [5.74, 6) is -2.96. The van der Waals surface area contributed by atoms with Gasteiger partial charge in [-0.3, -0.25) is 14.6 Å². The Bertz CT molecular complexity index is 1490. The number of hydrogen-bond acceptors (Lipinski definition) is 10. The molecule has 1 saturated heterocycles. The van der Waals surface area contributed by atoms with Crippen molar-refractivity contribution in [1.29, 1.82) is 0 Å². The first-order chi connectivity index (χ1) is 20.4. The van der Waals surface area contributed by atoms with Gasteiger partial charge in [-0.2, -0.15) is 13.2 Å².